The van der Waals surface area contributed by atoms with Crippen LogP contribution in [-0.2, 0) is 6.54 Å². The number of piperidine rings is 1. The molecule has 138 valence electrons. The minimum absolute atomic E-state index is 0.128. The van der Waals surface area contributed by atoms with Gasteiger partial charge in [-0.25, -0.2) is 4.79 Å². The molecule has 1 heterocycles. The Balaban J connectivity index is 1.38. The molecule has 1 aliphatic rings. The van der Waals surface area contributed by atoms with Crippen molar-refractivity contribution in [1.29, 1.82) is 0 Å². The standard InChI is InChI=1S/C21H26ClN3O/c1-16-4-2-7-20(12-16)24-21(26)23-14-17-8-10-25(11-9-17)15-18-5-3-6-19(22)13-18/h2-7,12-13,17H,8-11,14-15H2,1H3,(H2,23,24,26). The van der Waals surface area contributed by atoms with Gasteiger partial charge < -0.3 is 10.6 Å². The van der Waals surface area contributed by atoms with Crippen molar-refractivity contribution in [3.63, 3.8) is 0 Å². The third-order valence-corrected chi connectivity index (χ3v) is 5.06. The number of carbonyl (C=O) groups is 1. The lowest BCUT2D eigenvalue weighted by Gasteiger charge is -2.32. The van der Waals surface area contributed by atoms with Crippen LogP contribution in [0.1, 0.15) is 24.0 Å². The second-order valence-corrected chi connectivity index (χ2v) is 7.49. The molecule has 26 heavy (non-hydrogen) atoms. The van der Waals surface area contributed by atoms with Gasteiger partial charge in [-0.3, -0.25) is 4.90 Å². The summed E-state index contributed by atoms with van der Waals surface area (Å²) in [7, 11) is 0. The monoisotopic (exact) mass is 371 g/mol. The van der Waals surface area contributed by atoms with Crippen molar-refractivity contribution in [3.05, 3.63) is 64.7 Å². The van der Waals surface area contributed by atoms with E-state index in [4.69, 9.17) is 11.6 Å². The summed E-state index contributed by atoms with van der Waals surface area (Å²) in [4.78, 5) is 14.5. The van der Waals surface area contributed by atoms with Crippen LogP contribution < -0.4 is 10.6 Å². The molecule has 2 amide bonds. The van der Waals surface area contributed by atoms with Crippen molar-refractivity contribution in [3.8, 4) is 0 Å². The number of hydrogen-bond donors (Lipinski definition) is 2. The van der Waals surface area contributed by atoms with Gasteiger partial charge in [0.05, 0.1) is 0 Å². The van der Waals surface area contributed by atoms with Crippen molar-refractivity contribution in [2.24, 2.45) is 5.92 Å². The first-order valence-corrected chi connectivity index (χ1v) is 9.54. The molecule has 0 radical (unpaired) electrons. The Bertz CT molecular complexity index is 742. The molecule has 0 aliphatic carbocycles. The maximum atomic E-state index is 12.1. The second-order valence-electron chi connectivity index (χ2n) is 7.05. The highest BCUT2D eigenvalue weighted by atomic mass is 35.5. The van der Waals surface area contributed by atoms with E-state index >= 15 is 0 Å². The molecule has 0 unspecified atom stereocenters. The number of likely N-dealkylation sites (tertiary alicyclic amines) is 1. The normalized spacial score (nSPS) is 15.6. The number of amides is 2. The van der Waals surface area contributed by atoms with Gasteiger partial charge in [-0.05, 0) is 74.2 Å². The largest absolute Gasteiger partial charge is 0.338 e. The summed E-state index contributed by atoms with van der Waals surface area (Å²) in [6, 6.07) is 15.8. The van der Waals surface area contributed by atoms with Crippen LogP contribution in [0.4, 0.5) is 10.5 Å². The van der Waals surface area contributed by atoms with Crippen LogP contribution in [0.2, 0.25) is 5.02 Å². The number of rotatable bonds is 5. The van der Waals surface area contributed by atoms with Gasteiger partial charge in [0.1, 0.15) is 0 Å². The first kappa shape index (κ1) is 18.7. The van der Waals surface area contributed by atoms with Crippen molar-refractivity contribution in [2.45, 2.75) is 26.3 Å². The predicted octanol–water partition coefficient (Wildman–Crippen LogP) is 4.68. The van der Waals surface area contributed by atoms with Crippen molar-refractivity contribution >= 4 is 23.3 Å². The zero-order chi connectivity index (χ0) is 18.4. The molecule has 0 bridgehead atoms. The summed E-state index contributed by atoms with van der Waals surface area (Å²) in [6.45, 7) is 5.79. The molecular weight excluding hydrogens is 346 g/mol. The molecule has 2 aromatic rings. The van der Waals surface area contributed by atoms with Gasteiger partial charge in [-0.2, -0.15) is 0 Å². The van der Waals surface area contributed by atoms with E-state index in [1.165, 1.54) is 5.56 Å². The lowest BCUT2D eigenvalue weighted by Crippen LogP contribution is -2.39. The van der Waals surface area contributed by atoms with E-state index in [0.29, 0.717) is 5.92 Å². The molecule has 1 saturated heterocycles. The maximum Gasteiger partial charge on any atom is 0.319 e. The van der Waals surface area contributed by atoms with Crippen LogP contribution in [0, 0.1) is 12.8 Å². The minimum atomic E-state index is -0.128. The van der Waals surface area contributed by atoms with E-state index in [0.717, 1.165) is 55.3 Å². The van der Waals surface area contributed by atoms with Crippen molar-refractivity contribution in [2.75, 3.05) is 25.0 Å². The molecule has 2 aromatic carbocycles. The minimum Gasteiger partial charge on any atom is -0.338 e. The van der Waals surface area contributed by atoms with Crippen LogP contribution in [0.5, 0.6) is 0 Å². The highest BCUT2D eigenvalue weighted by Gasteiger charge is 2.19. The van der Waals surface area contributed by atoms with Crippen LogP contribution in [0.15, 0.2) is 48.5 Å². The number of benzene rings is 2. The van der Waals surface area contributed by atoms with Gasteiger partial charge in [0.25, 0.3) is 0 Å². The van der Waals surface area contributed by atoms with E-state index in [1.807, 2.05) is 49.4 Å². The third-order valence-electron chi connectivity index (χ3n) is 4.83. The fourth-order valence-electron chi connectivity index (χ4n) is 3.38. The summed E-state index contributed by atoms with van der Waals surface area (Å²) >= 11 is 6.06. The number of halogens is 1. The van der Waals surface area contributed by atoms with E-state index in [2.05, 4.69) is 21.6 Å². The topological polar surface area (TPSA) is 44.4 Å². The van der Waals surface area contributed by atoms with Gasteiger partial charge in [-0.1, -0.05) is 35.9 Å². The molecule has 4 nitrogen and oxygen atoms in total. The zero-order valence-corrected chi connectivity index (χ0v) is 15.9. The Hall–Kier alpha value is -2.04. The highest BCUT2D eigenvalue weighted by Crippen LogP contribution is 2.20. The fraction of sp³-hybridized carbons (Fsp3) is 0.381. The number of hydrogen-bond acceptors (Lipinski definition) is 2. The maximum absolute atomic E-state index is 12.1. The lowest BCUT2D eigenvalue weighted by atomic mass is 9.96. The summed E-state index contributed by atoms with van der Waals surface area (Å²) in [6.07, 6.45) is 2.20. The second kappa shape index (κ2) is 9.06. The lowest BCUT2D eigenvalue weighted by molar-refractivity contribution is 0.176. The van der Waals surface area contributed by atoms with Crippen LogP contribution in [0.3, 0.4) is 0 Å². The average Bonchev–Trinajstić information content (AvgIpc) is 2.61. The van der Waals surface area contributed by atoms with Gasteiger partial charge in [0, 0.05) is 23.8 Å². The van der Waals surface area contributed by atoms with Gasteiger partial charge in [0.15, 0.2) is 0 Å². The summed E-state index contributed by atoms with van der Waals surface area (Å²) in [5.41, 5.74) is 3.22. The first-order chi connectivity index (χ1) is 12.6. The summed E-state index contributed by atoms with van der Waals surface area (Å²) in [5.74, 6) is 0.536. The Kier molecular flexibility index (Phi) is 6.53. The molecule has 2 N–H and O–H groups in total. The van der Waals surface area contributed by atoms with E-state index in [-0.39, 0.29) is 6.03 Å². The fourth-order valence-corrected chi connectivity index (χ4v) is 3.59. The molecule has 0 atom stereocenters. The van der Waals surface area contributed by atoms with E-state index in [9.17, 15) is 4.79 Å². The molecule has 3 rings (SSSR count). The average molecular weight is 372 g/mol. The Labute approximate surface area is 160 Å². The van der Waals surface area contributed by atoms with Gasteiger partial charge >= 0.3 is 6.03 Å². The number of anilines is 1. The molecule has 0 saturated carbocycles. The van der Waals surface area contributed by atoms with Crippen LogP contribution in [-0.4, -0.2) is 30.6 Å². The van der Waals surface area contributed by atoms with Crippen molar-refractivity contribution < 1.29 is 4.79 Å². The van der Waals surface area contributed by atoms with Gasteiger partial charge in [0.2, 0.25) is 0 Å². The predicted molar refractivity (Wildman–Crippen MR) is 108 cm³/mol. The number of urea groups is 1. The summed E-state index contributed by atoms with van der Waals surface area (Å²) in [5, 5.41) is 6.70. The highest BCUT2D eigenvalue weighted by molar-refractivity contribution is 6.30. The first-order valence-electron chi connectivity index (χ1n) is 9.17. The molecule has 0 aromatic heterocycles. The van der Waals surface area contributed by atoms with E-state index < -0.39 is 0 Å². The zero-order valence-electron chi connectivity index (χ0n) is 15.2. The number of aryl methyl sites for hydroxylation is 1. The number of carbonyl (C=O) groups excluding carboxylic acids is 1. The molecular formula is C21H26ClN3O. The van der Waals surface area contributed by atoms with Crippen LogP contribution in [0.25, 0.3) is 0 Å². The quantitative estimate of drug-likeness (QED) is 0.801. The molecule has 1 fully saturated rings. The Morgan fingerprint density at radius 1 is 1.15 bits per heavy atom. The third kappa shape index (κ3) is 5.75. The van der Waals surface area contributed by atoms with Crippen LogP contribution >= 0.6 is 11.6 Å². The number of nitrogens with zero attached hydrogens (tertiary/aromatic N) is 1. The van der Waals surface area contributed by atoms with Crippen molar-refractivity contribution in [1.82, 2.24) is 10.2 Å². The van der Waals surface area contributed by atoms with Gasteiger partial charge in [-0.15, -0.1) is 0 Å². The molecule has 1 aliphatic heterocycles. The smallest absolute Gasteiger partial charge is 0.319 e. The Morgan fingerprint density at radius 3 is 2.65 bits per heavy atom. The molecule has 5 heteroatoms. The van der Waals surface area contributed by atoms with E-state index in [1.54, 1.807) is 0 Å². The SMILES string of the molecule is Cc1cccc(NC(=O)NCC2CCN(Cc3cccc(Cl)c3)CC2)c1. The summed E-state index contributed by atoms with van der Waals surface area (Å²) < 4.78 is 0. The molecule has 0 spiro atoms. The number of nitrogens with one attached hydrogen (secondary N) is 2. The Morgan fingerprint density at radius 2 is 1.92 bits per heavy atom.